The summed E-state index contributed by atoms with van der Waals surface area (Å²) in [5, 5.41) is 3.38. The van der Waals surface area contributed by atoms with Crippen LogP contribution in [0.15, 0.2) is 29.3 Å². The van der Waals surface area contributed by atoms with E-state index in [2.05, 4.69) is 10.3 Å². The number of esters is 1. The van der Waals surface area contributed by atoms with Crippen molar-refractivity contribution in [3.05, 3.63) is 56.4 Å². The summed E-state index contributed by atoms with van der Waals surface area (Å²) in [6.45, 7) is 9.34. The van der Waals surface area contributed by atoms with Crippen molar-refractivity contribution in [2.24, 2.45) is 0 Å². The first kappa shape index (κ1) is 21.7. The summed E-state index contributed by atoms with van der Waals surface area (Å²) in [6.07, 6.45) is 0.469. The zero-order chi connectivity index (χ0) is 22.0. The molecule has 0 aliphatic carbocycles. The lowest BCUT2D eigenvalue weighted by atomic mass is 10.1. The van der Waals surface area contributed by atoms with Gasteiger partial charge in [0, 0.05) is 17.1 Å². The van der Waals surface area contributed by atoms with Crippen LogP contribution in [0.1, 0.15) is 34.9 Å². The number of carbonyl (C=O) groups is 2. The normalized spacial score (nSPS) is 12.0. The van der Waals surface area contributed by atoms with Crippen LogP contribution in [0.2, 0.25) is 0 Å². The van der Waals surface area contributed by atoms with Crippen LogP contribution >= 0.6 is 11.3 Å². The Morgan fingerprint density at radius 3 is 2.70 bits per heavy atom. The highest BCUT2D eigenvalue weighted by Crippen LogP contribution is 2.25. The van der Waals surface area contributed by atoms with Gasteiger partial charge >= 0.3 is 5.97 Å². The van der Waals surface area contributed by atoms with Gasteiger partial charge in [-0.25, -0.2) is 4.98 Å². The highest BCUT2D eigenvalue weighted by Gasteiger charge is 2.19. The van der Waals surface area contributed by atoms with Gasteiger partial charge in [-0.2, -0.15) is 0 Å². The number of aromatic nitrogens is 2. The molecule has 1 unspecified atom stereocenters. The second-order valence-corrected chi connectivity index (χ2v) is 8.60. The van der Waals surface area contributed by atoms with E-state index >= 15 is 0 Å². The average molecular weight is 428 g/mol. The molecule has 0 saturated heterocycles. The van der Waals surface area contributed by atoms with Crippen LogP contribution in [0.3, 0.4) is 0 Å². The van der Waals surface area contributed by atoms with Gasteiger partial charge in [0.25, 0.3) is 11.5 Å². The summed E-state index contributed by atoms with van der Waals surface area (Å²) in [5.41, 5.74) is 3.38. The number of aryl methyl sites for hydroxylation is 5. The number of hydrogen-bond donors (Lipinski definition) is 1. The maximum Gasteiger partial charge on any atom is 0.308 e. The van der Waals surface area contributed by atoms with Gasteiger partial charge in [-0.15, -0.1) is 11.3 Å². The Balaban J connectivity index is 1.60. The molecular formula is C22H25N3O4S. The molecule has 1 aromatic carbocycles. The third-order valence-electron chi connectivity index (χ3n) is 5.04. The van der Waals surface area contributed by atoms with Crippen molar-refractivity contribution in [1.82, 2.24) is 9.55 Å². The molecule has 7 nitrogen and oxygen atoms in total. The van der Waals surface area contributed by atoms with Gasteiger partial charge in [-0.1, -0.05) is 12.1 Å². The maximum atomic E-state index is 12.7. The van der Waals surface area contributed by atoms with Gasteiger partial charge in [0.05, 0.1) is 18.1 Å². The first-order chi connectivity index (χ1) is 14.2. The van der Waals surface area contributed by atoms with Crippen molar-refractivity contribution in [2.75, 3.05) is 5.32 Å². The number of carbonyl (C=O) groups excluding carboxylic acids is 2. The predicted molar refractivity (Wildman–Crippen MR) is 118 cm³/mol. The fourth-order valence-corrected chi connectivity index (χ4v) is 4.04. The second-order valence-electron chi connectivity index (χ2n) is 7.40. The highest BCUT2D eigenvalue weighted by atomic mass is 32.1. The van der Waals surface area contributed by atoms with E-state index in [1.807, 2.05) is 45.9 Å². The Morgan fingerprint density at radius 1 is 1.23 bits per heavy atom. The van der Waals surface area contributed by atoms with Crippen LogP contribution in [0.5, 0.6) is 0 Å². The van der Waals surface area contributed by atoms with Crippen molar-refractivity contribution in [2.45, 2.75) is 53.7 Å². The molecule has 1 N–H and O–H groups in total. The lowest BCUT2D eigenvalue weighted by molar-refractivity contribution is -0.153. The minimum absolute atomic E-state index is 0.0314. The van der Waals surface area contributed by atoms with Crippen molar-refractivity contribution < 1.29 is 14.3 Å². The fraction of sp³-hybridized carbons (Fsp3) is 0.364. The Hall–Kier alpha value is -3.00. The molecule has 0 aliphatic rings. The van der Waals surface area contributed by atoms with E-state index in [9.17, 15) is 14.4 Å². The molecule has 3 rings (SSSR count). The lowest BCUT2D eigenvalue weighted by Gasteiger charge is -2.15. The Labute approximate surface area is 178 Å². The largest absolute Gasteiger partial charge is 0.452 e. The SMILES string of the molecule is Cc1ccc(C)c(NC(=O)C(C)OC(=O)CCn2cnc3sc(C)c(C)c3c2=O)c1. The van der Waals surface area contributed by atoms with Crippen molar-refractivity contribution >= 4 is 39.1 Å². The smallest absolute Gasteiger partial charge is 0.308 e. The molecule has 1 atom stereocenters. The molecule has 0 bridgehead atoms. The predicted octanol–water partition coefficient (Wildman–Crippen LogP) is 3.65. The molecule has 0 fully saturated rings. The van der Waals surface area contributed by atoms with Crippen LogP contribution in [0.25, 0.3) is 10.2 Å². The van der Waals surface area contributed by atoms with Crippen molar-refractivity contribution in [1.29, 1.82) is 0 Å². The van der Waals surface area contributed by atoms with Crippen molar-refractivity contribution in [3.63, 3.8) is 0 Å². The molecule has 8 heteroatoms. The van der Waals surface area contributed by atoms with Crippen LogP contribution in [0.4, 0.5) is 5.69 Å². The standard InChI is InChI=1S/C22H25N3O4S/c1-12-6-7-13(2)17(10-12)24-20(27)15(4)29-18(26)8-9-25-11-23-21-19(22(25)28)14(3)16(5)30-21/h6-7,10-11,15H,8-9H2,1-5H3,(H,24,27). The maximum absolute atomic E-state index is 12.7. The topological polar surface area (TPSA) is 90.3 Å². The zero-order valence-corrected chi connectivity index (χ0v) is 18.6. The molecule has 158 valence electrons. The number of nitrogens with zero attached hydrogens (tertiary/aromatic N) is 2. The third kappa shape index (κ3) is 4.59. The third-order valence-corrected chi connectivity index (χ3v) is 6.16. The molecule has 30 heavy (non-hydrogen) atoms. The zero-order valence-electron chi connectivity index (χ0n) is 17.7. The van der Waals surface area contributed by atoms with Gasteiger partial charge in [0.1, 0.15) is 4.83 Å². The number of ether oxygens (including phenoxy) is 1. The van der Waals surface area contributed by atoms with Crippen LogP contribution < -0.4 is 10.9 Å². The van der Waals surface area contributed by atoms with Gasteiger partial charge in [-0.05, 0) is 57.4 Å². The highest BCUT2D eigenvalue weighted by molar-refractivity contribution is 7.18. The molecule has 2 heterocycles. The quantitative estimate of drug-likeness (QED) is 0.607. The number of benzene rings is 1. The minimum Gasteiger partial charge on any atom is -0.452 e. The molecule has 0 saturated carbocycles. The molecule has 1 amide bonds. The summed E-state index contributed by atoms with van der Waals surface area (Å²) >= 11 is 1.48. The fourth-order valence-electron chi connectivity index (χ4n) is 3.06. The Morgan fingerprint density at radius 2 is 1.97 bits per heavy atom. The molecule has 0 spiro atoms. The van der Waals surface area contributed by atoms with E-state index in [0.717, 1.165) is 21.6 Å². The monoisotopic (exact) mass is 427 g/mol. The summed E-state index contributed by atoms with van der Waals surface area (Å²) in [4.78, 5) is 43.3. The van der Waals surface area contributed by atoms with Gasteiger partial charge in [-0.3, -0.25) is 19.0 Å². The molecule has 2 aromatic heterocycles. The Kier molecular flexibility index (Phi) is 6.36. The summed E-state index contributed by atoms with van der Waals surface area (Å²) in [5.74, 6) is -0.953. The summed E-state index contributed by atoms with van der Waals surface area (Å²) in [6, 6.07) is 5.74. The Bertz CT molecular complexity index is 1180. The van der Waals surface area contributed by atoms with Crippen LogP contribution in [-0.2, 0) is 20.9 Å². The number of anilines is 1. The lowest BCUT2D eigenvalue weighted by Crippen LogP contribution is -2.31. The minimum atomic E-state index is -0.948. The molecule has 3 aromatic rings. The first-order valence-corrected chi connectivity index (χ1v) is 10.5. The van der Waals surface area contributed by atoms with Gasteiger partial charge in [0.15, 0.2) is 6.10 Å². The van der Waals surface area contributed by atoms with E-state index in [4.69, 9.17) is 4.74 Å². The average Bonchev–Trinajstić information content (AvgIpc) is 2.98. The first-order valence-electron chi connectivity index (χ1n) is 9.70. The van der Waals surface area contributed by atoms with Gasteiger partial charge < -0.3 is 10.1 Å². The van der Waals surface area contributed by atoms with E-state index in [1.165, 1.54) is 29.2 Å². The van der Waals surface area contributed by atoms with Gasteiger partial charge in [0.2, 0.25) is 0 Å². The molecular weight excluding hydrogens is 402 g/mol. The number of hydrogen-bond acceptors (Lipinski definition) is 6. The molecule has 0 aliphatic heterocycles. The number of fused-ring (bicyclic) bond motifs is 1. The second kappa shape index (κ2) is 8.79. The summed E-state index contributed by atoms with van der Waals surface area (Å²) < 4.78 is 6.65. The van der Waals surface area contributed by atoms with E-state index in [0.29, 0.717) is 15.9 Å². The molecule has 0 radical (unpaired) electrons. The van der Waals surface area contributed by atoms with E-state index in [1.54, 1.807) is 0 Å². The number of rotatable bonds is 6. The number of nitrogens with one attached hydrogen (secondary N) is 1. The van der Waals surface area contributed by atoms with E-state index in [-0.39, 0.29) is 18.5 Å². The van der Waals surface area contributed by atoms with Crippen molar-refractivity contribution in [3.8, 4) is 0 Å². The number of amides is 1. The van der Waals surface area contributed by atoms with Crippen LogP contribution in [-0.4, -0.2) is 27.5 Å². The van der Waals surface area contributed by atoms with Crippen LogP contribution in [0, 0.1) is 27.7 Å². The summed E-state index contributed by atoms with van der Waals surface area (Å²) in [7, 11) is 0. The number of thiophene rings is 1. The van der Waals surface area contributed by atoms with E-state index < -0.39 is 18.0 Å².